The third-order valence-electron chi connectivity index (χ3n) is 5.03. The zero-order chi connectivity index (χ0) is 21.3. The van der Waals surface area contributed by atoms with Crippen molar-refractivity contribution >= 4 is 28.5 Å². The number of carbonyl (C=O) groups excluding carboxylic acids is 1. The number of anilines is 1. The molecule has 0 aromatic carbocycles. The Kier molecular flexibility index (Phi) is 5.87. The number of hydrogen-bond acceptors (Lipinski definition) is 5. The summed E-state index contributed by atoms with van der Waals surface area (Å²) in [5.41, 5.74) is 4.04. The fourth-order valence-electron chi connectivity index (χ4n) is 3.47. The van der Waals surface area contributed by atoms with Crippen molar-refractivity contribution in [2.45, 2.75) is 72.1 Å². The Labute approximate surface area is 173 Å². The lowest BCUT2D eigenvalue weighted by atomic mass is 10.0. The number of pyridine rings is 1. The number of fused-ring (bicyclic) bond motifs is 1. The maximum Gasteiger partial charge on any atom is 0.410 e. The van der Waals surface area contributed by atoms with Gasteiger partial charge in [0, 0.05) is 25.2 Å². The molecule has 2 aromatic heterocycles. The normalized spacial score (nSPS) is 15.8. The topological polar surface area (TPSA) is 72.3 Å². The molecule has 1 saturated heterocycles. The van der Waals surface area contributed by atoms with Crippen LogP contribution in [0.25, 0.3) is 16.7 Å². The number of hydrogen-bond donors (Lipinski definition) is 1. The van der Waals surface area contributed by atoms with E-state index in [-0.39, 0.29) is 18.2 Å². The minimum Gasteiger partial charge on any atom is -0.444 e. The number of piperidine rings is 1. The van der Waals surface area contributed by atoms with Crippen LogP contribution < -0.4 is 5.32 Å². The maximum absolute atomic E-state index is 12.3. The van der Waals surface area contributed by atoms with Gasteiger partial charge in [0.25, 0.3) is 0 Å². The van der Waals surface area contributed by atoms with E-state index in [9.17, 15) is 4.79 Å². The standard InChI is InChI=1S/C22H33N5O2/c1-14(2)17-12-18(19-20(25-17)27(13-23-19)15(3)4)24-16-8-10-26(11-9-16)21(28)29-22(5,6)7/h12-13,15-16H,1,8-11H2,2-7H3,(H,24,25). The van der Waals surface area contributed by atoms with Gasteiger partial charge in [-0.25, -0.2) is 14.8 Å². The molecule has 1 fully saturated rings. The van der Waals surface area contributed by atoms with E-state index < -0.39 is 5.60 Å². The van der Waals surface area contributed by atoms with Gasteiger partial charge in [-0.3, -0.25) is 0 Å². The zero-order valence-corrected chi connectivity index (χ0v) is 18.5. The van der Waals surface area contributed by atoms with Crippen LogP contribution in [0.15, 0.2) is 19.0 Å². The fraction of sp³-hybridized carbons (Fsp3) is 0.591. The fourth-order valence-corrected chi connectivity index (χ4v) is 3.47. The summed E-state index contributed by atoms with van der Waals surface area (Å²) in [6.07, 6.45) is 3.33. The van der Waals surface area contributed by atoms with E-state index in [4.69, 9.17) is 9.72 Å². The summed E-state index contributed by atoms with van der Waals surface area (Å²) in [6.45, 7) is 17.3. The minimum absolute atomic E-state index is 0.234. The molecule has 158 valence electrons. The van der Waals surface area contributed by atoms with Crippen LogP contribution in [0.3, 0.4) is 0 Å². The number of likely N-dealkylation sites (tertiary alicyclic amines) is 1. The Hall–Kier alpha value is -2.57. The number of imidazole rings is 1. The first-order chi connectivity index (χ1) is 13.5. The van der Waals surface area contributed by atoms with Crippen LogP contribution in [0.2, 0.25) is 0 Å². The third kappa shape index (κ3) is 4.89. The van der Waals surface area contributed by atoms with E-state index in [0.29, 0.717) is 13.1 Å². The Balaban J connectivity index is 1.76. The number of rotatable bonds is 4. The van der Waals surface area contributed by atoms with Crippen LogP contribution in [0.5, 0.6) is 0 Å². The van der Waals surface area contributed by atoms with E-state index in [2.05, 4.69) is 35.3 Å². The Bertz CT molecular complexity index is 902. The van der Waals surface area contributed by atoms with Crippen molar-refractivity contribution in [3.63, 3.8) is 0 Å². The molecule has 2 aromatic rings. The van der Waals surface area contributed by atoms with Gasteiger partial charge < -0.3 is 19.5 Å². The van der Waals surface area contributed by atoms with E-state index >= 15 is 0 Å². The van der Waals surface area contributed by atoms with Gasteiger partial charge in [0.05, 0.1) is 17.7 Å². The smallest absolute Gasteiger partial charge is 0.410 e. The minimum atomic E-state index is -0.469. The van der Waals surface area contributed by atoms with E-state index in [1.165, 1.54) is 0 Å². The number of carbonyl (C=O) groups is 1. The van der Waals surface area contributed by atoms with Crippen molar-refractivity contribution in [3.05, 3.63) is 24.7 Å². The van der Waals surface area contributed by atoms with Crippen LogP contribution in [0.4, 0.5) is 10.5 Å². The molecule has 0 bridgehead atoms. The van der Waals surface area contributed by atoms with Crippen molar-refractivity contribution in [2.24, 2.45) is 0 Å². The second-order valence-corrected chi connectivity index (χ2v) is 9.14. The SMILES string of the molecule is C=C(C)c1cc(NC2CCN(C(=O)OC(C)(C)C)CC2)c2ncn(C(C)C)c2n1. The summed E-state index contributed by atoms with van der Waals surface area (Å²) in [4.78, 5) is 23.5. The van der Waals surface area contributed by atoms with Gasteiger partial charge in [-0.1, -0.05) is 6.58 Å². The van der Waals surface area contributed by atoms with Crippen molar-refractivity contribution in [1.29, 1.82) is 0 Å². The molecule has 1 N–H and O–H groups in total. The predicted molar refractivity (Wildman–Crippen MR) is 117 cm³/mol. The lowest BCUT2D eigenvalue weighted by Gasteiger charge is -2.34. The van der Waals surface area contributed by atoms with Crippen LogP contribution in [0, 0.1) is 0 Å². The highest BCUT2D eigenvalue weighted by Crippen LogP contribution is 2.28. The molecule has 3 rings (SSSR count). The molecule has 0 spiro atoms. The second-order valence-electron chi connectivity index (χ2n) is 9.14. The number of nitrogens with one attached hydrogen (secondary N) is 1. The summed E-state index contributed by atoms with van der Waals surface area (Å²) < 4.78 is 7.57. The molecule has 29 heavy (non-hydrogen) atoms. The Morgan fingerprint density at radius 3 is 2.52 bits per heavy atom. The van der Waals surface area contributed by atoms with Gasteiger partial charge in [-0.15, -0.1) is 0 Å². The molecule has 1 aliphatic rings. The monoisotopic (exact) mass is 399 g/mol. The molecule has 0 radical (unpaired) electrons. The van der Waals surface area contributed by atoms with Gasteiger partial charge in [0.15, 0.2) is 5.65 Å². The molecule has 1 amide bonds. The average Bonchev–Trinajstić information content (AvgIpc) is 3.05. The van der Waals surface area contributed by atoms with Crippen molar-refractivity contribution in [2.75, 3.05) is 18.4 Å². The highest BCUT2D eigenvalue weighted by Gasteiger charge is 2.27. The molecule has 0 aliphatic carbocycles. The van der Waals surface area contributed by atoms with E-state index in [1.807, 2.05) is 40.1 Å². The largest absolute Gasteiger partial charge is 0.444 e. The van der Waals surface area contributed by atoms with Gasteiger partial charge in [0.2, 0.25) is 0 Å². The van der Waals surface area contributed by atoms with Gasteiger partial charge in [0.1, 0.15) is 11.1 Å². The highest BCUT2D eigenvalue weighted by atomic mass is 16.6. The van der Waals surface area contributed by atoms with Crippen molar-refractivity contribution in [1.82, 2.24) is 19.4 Å². The summed E-state index contributed by atoms with van der Waals surface area (Å²) >= 11 is 0. The molecular weight excluding hydrogens is 366 g/mol. The van der Waals surface area contributed by atoms with Gasteiger partial charge in [-0.2, -0.15) is 0 Å². The number of ether oxygens (including phenoxy) is 1. The summed E-state index contributed by atoms with van der Waals surface area (Å²) in [7, 11) is 0. The quantitative estimate of drug-likeness (QED) is 0.795. The van der Waals surface area contributed by atoms with E-state index in [1.54, 1.807) is 4.90 Å². The summed E-state index contributed by atoms with van der Waals surface area (Å²) in [5.74, 6) is 0. The van der Waals surface area contributed by atoms with Gasteiger partial charge >= 0.3 is 6.09 Å². The summed E-state index contributed by atoms with van der Waals surface area (Å²) in [6, 6.07) is 2.57. The first-order valence-electron chi connectivity index (χ1n) is 10.3. The van der Waals surface area contributed by atoms with E-state index in [0.717, 1.165) is 41.0 Å². The lowest BCUT2D eigenvalue weighted by molar-refractivity contribution is 0.0210. The molecule has 7 heteroatoms. The Morgan fingerprint density at radius 1 is 1.31 bits per heavy atom. The average molecular weight is 400 g/mol. The first-order valence-corrected chi connectivity index (χ1v) is 10.3. The third-order valence-corrected chi connectivity index (χ3v) is 5.03. The van der Waals surface area contributed by atoms with Crippen LogP contribution >= 0.6 is 0 Å². The van der Waals surface area contributed by atoms with Crippen molar-refractivity contribution in [3.8, 4) is 0 Å². The Morgan fingerprint density at radius 2 is 1.97 bits per heavy atom. The van der Waals surface area contributed by atoms with Crippen LogP contribution in [0.1, 0.15) is 66.1 Å². The van der Waals surface area contributed by atoms with Crippen LogP contribution in [-0.4, -0.2) is 50.3 Å². The molecular formula is C22H33N5O2. The molecule has 0 unspecified atom stereocenters. The molecule has 0 saturated carbocycles. The predicted octanol–water partition coefficient (Wildman–Crippen LogP) is 4.86. The molecule has 3 heterocycles. The molecule has 7 nitrogen and oxygen atoms in total. The zero-order valence-electron chi connectivity index (χ0n) is 18.5. The maximum atomic E-state index is 12.3. The molecule has 1 aliphatic heterocycles. The van der Waals surface area contributed by atoms with Crippen LogP contribution in [-0.2, 0) is 4.74 Å². The lowest BCUT2D eigenvalue weighted by Crippen LogP contribution is -2.44. The van der Waals surface area contributed by atoms with Gasteiger partial charge in [-0.05, 0) is 66.0 Å². The second kappa shape index (κ2) is 8.05. The number of allylic oxidation sites excluding steroid dienone is 1. The highest BCUT2D eigenvalue weighted by molar-refractivity contribution is 5.88. The number of nitrogens with zero attached hydrogens (tertiary/aromatic N) is 4. The number of amides is 1. The summed E-state index contributed by atoms with van der Waals surface area (Å²) in [5, 5.41) is 3.64. The number of aromatic nitrogens is 3. The first kappa shape index (κ1) is 21.1. The van der Waals surface area contributed by atoms with Crippen molar-refractivity contribution < 1.29 is 9.53 Å². The molecule has 0 atom stereocenters.